The Labute approximate surface area is 127 Å². The molecule has 2 fully saturated rings. The summed E-state index contributed by atoms with van der Waals surface area (Å²) in [6, 6.07) is 5.94. The number of aliphatic carboxylic acids is 1. The molecule has 1 amide bonds. The summed E-state index contributed by atoms with van der Waals surface area (Å²) < 4.78 is 13.7. The van der Waals surface area contributed by atoms with Gasteiger partial charge in [0.1, 0.15) is 5.82 Å². The van der Waals surface area contributed by atoms with Crippen molar-refractivity contribution in [2.45, 2.75) is 12.8 Å². The van der Waals surface area contributed by atoms with Crippen LogP contribution in [0.4, 0.5) is 10.1 Å². The van der Waals surface area contributed by atoms with Gasteiger partial charge in [-0.15, -0.1) is 0 Å². The number of halogens is 1. The third-order valence-corrected chi connectivity index (χ3v) is 5.56. The number of carboxylic acids is 1. The molecule has 4 rings (SSSR count). The molecule has 0 aliphatic heterocycles. The highest BCUT2D eigenvalue weighted by Crippen LogP contribution is 2.72. The van der Waals surface area contributed by atoms with Crippen LogP contribution in [0.25, 0.3) is 0 Å². The van der Waals surface area contributed by atoms with Crippen molar-refractivity contribution < 1.29 is 19.1 Å². The maximum absolute atomic E-state index is 13.7. The van der Waals surface area contributed by atoms with Crippen LogP contribution in [0.2, 0.25) is 0 Å². The van der Waals surface area contributed by atoms with Crippen LogP contribution in [0.5, 0.6) is 0 Å². The Bertz CT molecular complexity index is 695. The molecule has 0 radical (unpaired) electrons. The molecule has 1 aromatic carbocycles. The second-order valence-electron chi connectivity index (χ2n) is 6.53. The Kier molecular flexibility index (Phi) is 2.71. The molecule has 1 aromatic rings. The van der Waals surface area contributed by atoms with E-state index in [0.29, 0.717) is 0 Å². The number of rotatable bonds is 3. The van der Waals surface area contributed by atoms with E-state index >= 15 is 0 Å². The predicted molar refractivity (Wildman–Crippen MR) is 77.4 cm³/mol. The lowest BCUT2D eigenvalue weighted by atomic mass is 9.82. The van der Waals surface area contributed by atoms with E-state index in [-0.39, 0.29) is 28.8 Å². The average Bonchev–Trinajstić information content (AvgIpc) is 3.15. The fourth-order valence-corrected chi connectivity index (χ4v) is 4.47. The van der Waals surface area contributed by atoms with Crippen molar-refractivity contribution >= 4 is 17.6 Å². The van der Waals surface area contributed by atoms with Crippen molar-refractivity contribution in [1.29, 1.82) is 0 Å². The zero-order valence-corrected chi connectivity index (χ0v) is 11.8. The van der Waals surface area contributed by atoms with Gasteiger partial charge >= 0.3 is 5.97 Å². The third-order valence-electron chi connectivity index (χ3n) is 5.56. The lowest BCUT2D eigenvalue weighted by Gasteiger charge is -2.23. The largest absolute Gasteiger partial charge is 0.481 e. The van der Waals surface area contributed by atoms with Crippen LogP contribution < -0.4 is 5.32 Å². The number of carboxylic acid groups (broad SMARTS) is 1. The van der Waals surface area contributed by atoms with Crippen LogP contribution >= 0.6 is 0 Å². The first-order valence-electron chi connectivity index (χ1n) is 7.51. The number of nitrogens with one attached hydrogen (secondary N) is 1. The first-order chi connectivity index (χ1) is 10.5. The van der Waals surface area contributed by atoms with E-state index < -0.39 is 23.6 Å². The molecule has 3 aliphatic rings. The lowest BCUT2D eigenvalue weighted by Crippen LogP contribution is -2.36. The minimum Gasteiger partial charge on any atom is -0.481 e. The Morgan fingerprint density at radius 2 is 1.77 bits per heavy atom. The van der Waals surface area contributed by atoms with E-state index in [1.807, 2.05) is 12.2 Å². The van der Waals surface area contributed by atoms with Gasteiger partial charge in [0.05, 0.1) is 17.5 Å². The number of hydrogen-bond acceptors (Lipinski definition) is 2. The molecule has 4 atom stereocenters. The highest BCUT2D eigenvalue weighted by atomic mass is 19.1. The number of para-hydroxylation sites is 1. The molecule has 2 N–H and O–H groups in total. The van der Waals surface area contributed by atoms with E-state index in [2.05, 4.69) is 5.32 Å². The van der Waals surface area contributed by atoms with Crippen molar-refractivity contribution in [1.82, 2.24) is 0 Å². The maximum atomic E-state index is 13.7. The van der Waals surface area contributed by atoms with Crippen LogP contribution in [-0.2, 0) is 9.59 Å². The first-order valence-corrected chi connectivity index (χ1v) is 7.51. The summed E-state index contributed by atoms with van der Waals surface area (Å²) in [5, 5.41) is 12.1. The summed E-state index contributed by atoms with van der Waals surface area (Å²) in [5.41, 5.74) is 0.0774. The van der Waals surface area contributed by atoms with Crippen molar-refractivity contribution in [3.63, 3.8) is 0 Å². The Morgan fingerprint density at radius 3 is 2.36 bits per heavy atom. The molecule has 0 saturated heterocycles. The molecule has 3 aliphatic carbocycles. The second-order valence-corrected chi connectivity index (χ2v) is 6.53. The van der Waals surface area contributed by atoms with Gasteiger partial charge in [0.2, 0.25) is 5.91 Å². The van der Waals surface area contributed by atoms with Crippen molar-refractivity contribution in [2.24, 2.45) is 29.1 Å². The third kappa shape index (κ3) is 1.68. The number of anilines is 1. The Morgan fingerprint density at radius 1 is 1.14 bits per heavy atom. The highest BCUT2D eigenvalue weighted by Gasteiger charge is 2.70. The molecule has 2 saturated carbocycles. The van der Waals surface area contributed by atoms with E-state index in [4.69, 9.17) is 0 Å². The molecule has 4 nitrogen and oxygen atoms in total. The summed E-state index contributed by atoms with van der Waals surface area (Å²) in [5.74, 6) is -3.25. The molecular formula is C17H16FNO3. The molecule has 22 heavy (non-hydrogen) atoms. The van der Waals surface area contributed by atoms with Gasteiger partial charge in [-0.3, -0.25) is 9.59 Å². The quantitative estimate of drug-likeness (QED) is 0.844. The zero-order valence-electron chi connectivity index (χ0n) is 11.8. The van der Waals surface area contributed by atoms with Crippen molar-refractivity contribution in [3.05, 3.63) is 42.2 Å². The van der Waals surface area contributed by atoms with Gasteiger partial charge in [-0.1, -0.05) is 24.3 Å². The molecule has 5 heteroatoms. The zero-order chi connectivity index (χ0) is 15.5. The highest BCUT2D eigenvalue weighted by molar-refractivity contribution is 5.96. The van der Waals surface area contributed by atoms with Gasteiger partial charge in [-0.2, -0.15) is 0 Å². The van der Waals surface area contributed by atoms with E-state index in [1.54, 1.807) is 12.1 Å². The van der Waals surface area contributed by atoms with E-state index in [1.165, 1.54) is 12.1 Å². The van der Waals surface area contributed by atoms with Crippen LogP contribution in [0.15, 0.2) is 36.4 Å². The van der Waals surface area contributed by atoms with E-state index in [0.717, 1.165) is 12.8 Å². The molecule has 0 aromatic heterocycles. The van der Waals surface area contributed by atoms with Crippen molar-refractivity contribution in [3.8, 4) is 0 Å². The molecule has 114 valence electrons. The number of carbonyl (C=O) groups excluding carboxylic acids is 1. The Hall–Kier alpha value is -2.17. The molecule has 0 unspecified atom stereocenters. The predicted octanol–water partition coefficient (Wildman–Crippen LogP) is 2.68. The molecule has 2 bridgehead atoms. The van der Waals surface area contributed by atoms with Gasteiger partial charge in [-0.25, -0.2) is 4.39 Å². The van der Waals surface area contributed by atoms with Crippen LogP contribution in [0.1, 0.15) is 12.8 Å². The molecule has 0 heterocycles. The van der Waals surface area contributed by atoms with Gasteiger partial charge in [0.25, 0.3) is 0 Å². The number of allylic oxidation sites excluding steroid dienone is 2. The monoisotopic (exact) mass is 301 g/mol. The number of carbonyl (C=O) groups is 2. The second kappa shape index (κ2) is 4.41. The summed E-state index contributed by atoms with van der Waals surface area (Å²) in [7, 11) is 0. The van der Waals surface area contributed by atoms with Crippen LogP contribution in [0, 0.1) is 34.9 Å². The van der Waals surface area contributed by atoms with Crippen LogP contribution in [0.3, 0.4) is 0 Å². The van der Waals surface area contributed by atoms with Gasteiger partial charge < -0.3 is 10.4 Å². The van der Waals surface area contributed by atoms with Crippen LogP contribution in [-0.4, -0.2) is 17.0 Å². The minimum absolute atomic E-state index is 0.0275. The minimum atomic E-state index is -0.934. The summed E-state index contributed by atoms with van der Waals surface area (Å²) >= 11 is 0. The van der Waals surface area contributed by atoms with Gasteiger partial charge in [0, 0.05) is 0 Å². The number of benzene rings is 1. The standard InChI is InChI=1S/C17H16FNO3/c18-11-3-1-2-4-12(11)19-15(20)13-9-5-6-10(14(13)16(21)22)17(9)7-8-17/h1-6,9-10,13-14H,7-8H2,(H,19,20)(H,21,22)/t9-,10-,13-,14-/m0/s1. The fourth-order valence-electron chi connectivity index (χ4n) is 4.47. The smallest absolute Gasteiger partial charge is 0.307 e. The molecular weight excluding hydrogens is 285 g/mol. The summed E-state index contributed by atoms with van der Waals surface area (Å²) in [4.78, 5) is 24.3. The van der Waals surface area contributed by atoms with Gasteiger partial charge in [-0.05, 0) is 42.2 Å². The topological polar surface area (TPSA) is 66.4 Å². The Balaban J connectivity index is 1.64. The van der Waals surface area contributed by atoms with Gasteiger partial charge in [0.15, 0.2) is 0 Å². The fraction of sp³-hybridized carbons (Fsp3) is 0.412. The maximum Gasteiger partial charge on any atom is 0.307 e. The number of amides is 1. The number of hydrogen-bond donors (Lipinski definition) is 2. The van der Waals surface area contributed by atoms with E-state index in [9.17, 15) is 19.1 Å². The molecule has 1 spiro atoms. The normalized spacial score (nSPS) is 33.1. The first kappa shape index (κ1) is 13.5. The average molecular weight is 301 g/mol. The summed E-state index contributed by atoms with van der Waals surface area (Å²) in [6.45, 7) is 0. The lowest BCUT2D eigenvalue weighted by molar-refractivity contribution is -0.146. The van der Waals surface area contributed by atoms with Crippen molar-refractivity contribution in [2.75, 3.05) is 5.32 Å². The SMILES string of the molecule is O=C(O)[C@@H]1[C@@H](C(=O)Nc2ccccc2F)[C@@H]2C=C[C@@H]1C21CC1. The summed E-state index contributed by atoms with van der Waals surface area (Å²) in [6.07, 6.45) is 5.90.